The highest BCUT2D eigenvalue weighted by Gasteiger charge is 2.19. The summed E-state index contributed by atoms with van der Waals surface area (Å²) in [4.78, 5) is 38.2. The molecule has 0 aliphatic rings. The van der Waals surface area contributed by atoms with Crippen molar-refractivity contribution in [1.29, 1.82) is 0 Å². The maximum Gasteiger partial charge on any atom is 0.306 e. The van der Waals surface area contributed by atoms with Gasteiger partial charge in [0.25, 0.3) is 0 Å². The van der Waals surface area contributed by atoms with Crippen molar-refractivity contribution >= 4 is 17.9 Å². The van der Waals surface area contributed by atoms with E-state index in [1.54, 1.807) is 0 Å². The molecule has 0 aromatic rings. The summed E-state index contributed by atoms with van der Waals surface area (Å²) in [7, 11) is 0. The van der Waals surface area contributed by atoms with Gasteiger partial charge in [-0.1, -0.05) is 300 Å². The zero-order chi connectivity index (χ0) is 53.6. The molecule has 0 saturated heterocycles. The molecule has 0 aliphatic carbocycles. The molecule has 74 heavy (non-hydrogen) atoms. The molecule has 0 saturated carbocycles. The Labute approximate surface area is 460 Å². The fraction of sp³-hybridized carbons (Fsp3) is 0.809. The standard InChI is InChI=1S/C68H122O6/c1-4-7-10-13-16-19-22-25-28-29-30-31-32-33-34-35-36-37-38-39-41-43-46-49-52-55-58-61-67(70)73-64-65(63-72-66(69)60-57-54-51-48-45-42-27-24-21-18-15-12-9-6-3)74-68(71)62-59-56-53-50-47-44-40-26-23-20-17-14-11-8-5-2/h8,11,15,17-18,20,24,26-27,40,65H,4-7,9-10,12-14,16,19,21-23,25,28-39,41-64H2,1-3H3/b11-8-,18-15-,20-17-,27-24-,40-26-. The van der Waals surface area contributed by atoms with Crippen LogP contribution in [0, 0.1) is 0 Å². The fourth-order valence-corrected chi connectivity index (χ4v) is 9.42. The number of carbonyl (C=O) groups is 3. The molecule has 0 amide bonds. The van der Waals surface area contributed by atoms with Gasteiger partial charge in [0.2, 0.25) is 0 Å². The number of carbonyl (C=O) groups excluding carboxylic acids is 3. The first-order valence-electron chi connectivity index (χ1n) is 32.3. The predicted octanol–water partition coefficient (Wildman–Crippen LogP) is 21.9. The number of ether oxygens (including phenoxy) is 3. The summed E-state index contributed by atoms with van der Waals surface area (Å²) in [6.07, 6.45) is 79.6. The molecule has 0 aromatic heterocycles. The SMILES string of the molecule is CC/C=C\C/C=C\C/C=C\CCCCCCCC(=O)OC(COC(=O)CCCCCCC/C=C\C/C=C\CCCC)COC(=O)CCCCCCCCCCCCCCCCCCCCCCCCCCCCC. The summed E-state index contributed by atoms with van der Waals surface area (Å²) >= 11 is 0. The first-order chi connectivity index (χ1) is 36.5. The molecule has 0 aliphatic heterocycles. The molecule has 1 unspecified atom stereocenters. The quantitative estimate of drug-likeness (QED) is 0.0261. The minimum Gasteiger partial charge on any atom is -0.462 e. The highest BCUT2D eigenvalue weighted by Crippen LogP contribution is 2.18. The molecular formula is C68H122O6. The molecule has 0 heterocycles. The monoisotopic (exact) mass is 1030 g/mol. The van der Waals surface area contributed by atoms with Gasteiger partial charge in [0.15, 0.2) is 6.10 Å². The molecule has 0 spiro atoms. The zero-order valence-corrected chi connectivity index (χ0v) is 49.4. The van der Waals surface area contributed by atoms with E-state index in [2.05, 4.69) is 81.5 Å². The molecule has 0 fully saturated rings. The van der Waals surface area contributed by atoms with Gasteiger partial charge in [-0.25, -0.2) is 0 Å². The molecule has 6 nitrogen and oxygen atoms in total. The van der Waals surface area contributed by atoms with Gasteiger partial charge >= 0.3 is 17.9 Å². The third-order valence-electron chi connectivity index (χ3n) is 14.3. The number of hydrogen-bond donors (Lipinski definition) is 0. The van der Waals surface area contributed by atoms with E-state index in [9.17, 15) is 14.4 Å². The summed E-state index contributed by atoms with van der Waals surface area (Å²) in [6.45, 7) is 6.51. The average molecular weight is 1040 g/mol. The van der Waals surface area contributed by atoms with E-state index in [1.165, 1.54) is 180 Å². The lowest BCUT2D eigenvalue weighted by Crippen LogP contribution is -2.30. The van der Waals surface area contributed by atoms with E-state index in [4.69, 9.17) is 14.2 Å². The molecule has 0 radical (unpaired) electrons. The second-order valence-corrected chi connectivity index (χ2v) is 21.6. The van der Waals surface area contributed by atoms with E-state index < -0.39 is 6.10 Å². The molecule has 430 valence electrons. The highest BCUT2D eigenvalue weighted by atomic mass is 16.6. The Kier molecular flexibility index (Phi) is 60.2. The Morgan fingerprint density at radius 3 is 0.865 bits per heavy atom. The molecule has 1 atom stereocenters. The first-order valence-corrected chi connectivity index (χ1v) is 32.3. The average Bonchev–Trinajstić information content (AvgIpc) is 3.40. The normalized spacial score (nSPS) is 12.4. The van der Waals surface area contributed by atoms with Gasteiger partial charge in [-0.3, -0.25) is 14.4 Å². The predicted molar refractivity (Wildman–Crippen MR) is 321 cm³/mol. The summed E-state index contributed by atoms with van der Waals surface area (Å²) in [5.74, 6) is -0.899. The summed E-state index contributed by atoms with van der Waals surface area (Å²) in [5, 5.41) is 0. The first kappa shape index (κ1) is 71.1. The van der Waals surface area contributed by atoms with Gasteiger partial charge in [0.05, 0.1) is 0 Å². The van der Waals surface area contributed by atoms with Crippen LogP contribution in [0.2, 0.25) is 0 Å². The van der Waals surface area contributed by atoms with Gasteiger partial charge in [0, 0.05) is 19.3 Å². The molecule has 0 aromatic carbocycles. The maximum absolute atomic E-state index is 12.9. The largest absolute Gasteiger partial charge is 0.462 e. The van der Waals surface area contributed by atoms with Crippen LogP contribution in [0.4, 0.5) is 0 Å². The number of unbranched alkanes of at least 4 members (excludes halogenated alkanes) is 38. The number of rotatable bonds is 59. The number of hydrogen-bond acceptors (Lipinski definition) is 6. The number of allylic oxidation sites excluding steroid dienone is 10. The van der Waals surface area contributed by atoms with Crippen LogP contribution < -0.4 is 0 Å². The van der Waals surface area contributed by atoms with Crippen molar-refractivity contribution in [3.8, 4) is 0 Å². The molecule has 0 bridgehead atoms. The summed E-state index contributed by atoms with van der Waals surface area (Å²) < 4.78 is 16.9. The van der Waals surface area contributed by atoms with Crippen LogP contribution in [0.25, 0.3) is 0 Å². The van der Waals surface area contributed by atoms with Crippen molar-refractivity contribution in [2.24, 2.45) is 0 Å². The Balaban J connectivity index is 4.22. The summed E-state index contributed by atoms with van der Waals surface area (Å²) in [5.41, 5.74) is 0. The summed E-state index contributed by atoms with van der Waals surface area (Å²) in [6, 6.07) is 0. The molecule has 6 heteroatoms. The molecular weight excluding hydrogens is 913 g/mol. The van der Waals surface area contributed by atoms with E-state index in [0.29, 0.717) is 19.3 Å². The third kappa shape index (κ3) is 60.0. The maximum atomic E-state index is 12.9. The lowest BCUT2D eigenvalue weighted by atomic mass is 10.0. The van der Waals surface area contributed by atoms with E-state index in [1.807, 2.05) is 0 Å². The van der Waals surface area contributed by atoms with Gasteiger partial charge < -0.3 is 14.2 Å². The van der Waals surface area contributed by atoms with Crippen LogP contribution in [0.15, 0.2) is 60.8 Å². The van der Waals surface area contributed by atoms with Crippen LogP contribution >= 0.6 is 0 Å². The van der Waals surface area contributed by atoms with Gasteiger partial charge in [0.1, 0.15) is 13.2 Å². The van der Waals surface area contributed by atoms with Crippen molar-refractivity contribution < 1.29 is 28.6 Å². The third-order valence-corrected chi connectivity index (χ3v) is 14.3. The fourth-order valence-electron chi connectivity index (χ4n) is 9.42. The van der Waals surface area contributed by atoms with Crippen molar-refractivity contribution in [1.82, 2.24) is 0 Å². The number of esters is 3. The van der Waals surface area contributed by atoms with Gasteiger partial charge in [-0.05, 0) is 77.0 Å². The minimum absolute atomic E-state index is 0.0832. The second-order valence-electron chi connectivity index (χ2n) is 21.6. The van der Waals surface area contributed by atoms with Crippen LogP contribution in [-0.4, -0.2) is 37.2 Å². The Morgan fingerprint density at radius 2 is 0.541 bits per heavy atom. The van der Waals surface area contributed by atoms with Crippen molar-refractivity contribution in [3.05, 3.63) is 60.8 Å². The topological polar surface area (TPSA) is 78.9 Å². The van der Waals surface area contributed by atoms with Gasteiger partial charge in [-0.2, -0.15) is 0 Å². The lowest BCUT2D eigenvalue weighted by molar-refractivity contribution is -0.167. The van der Waals surface area contributed by atoms with Crippen molar-refractivity contribution in [3.63, 3.8) is 0 Å². The van der Waals surface area contributed by atoms with Gasteiger partial charge in [-0.15, -0.1) is 0 Å². The van der Waals surface area contributed by atoms with E-state index >= 15 is 0 Å². The second kappa shape index (κ2) is 62.6. The Morgan fingerprint density at radius 1 is 0.284 bits per heavy atom. The van der Waals surface area contributed by atoms with Crippen molar-refractivity contribution in [2.75, 3.05) is 13.2 Å². The van der Waals surface area contributed by atoms with E-state index in [0.717, 1.165) is 116 Å². The highest BCUT2D eigenvalue weighted by molar-refractivity contribution is 5.71. The minimum atomic E-state index is -0.788. The Bertz CT molecular complexity index is 1330. The van der Waals surface area contributed by atoms with Crippen LogP contribution in [0.5, 0.6) is 0 Å². The van der Waals surface area contributed by atoms with Crippen LogP contribution in [0.1, 0.15) is 335 Å². The van der Waals surface area contributed by atoms with Crippen molar-refractivity contribution in [2.45, 2.75) is 341 Å². The van der Waals surface area contributed by atoms with Crippen LogP contribution in [-0.2, 0) is 28.6 Å². The molecule has 0 N–H and O–H groups in total. The lowest BCUT2D eigenvalue weighted by Gasteiger charge is -2.18. The zero-order valence-electron chi connectivity index (χ0n) is 49.4. The van der Waals surface area contributed by atoms with E-state index in [-0.39, 0.29) is 31.1 Å². The van der Waals surface area contributed by atoms with Crippen LogP contribution in [0.3, 0.4) is 0 Å². The smallest absolute Gasteiger partial charge is 0.306 e. The molecule has 0 rings (SSSR count). The Hall–Kier alpha value is -2.89.